The molecule has 0 saturated heterocycles. The summed E-state index contributed by atoms with van der Waals surface area (Å²) in [6, 6.07) is 5.19. The number of thiophene rings is 1. The first-order valence-corrected chi connectivity index (χ1v) is 7.31. The zero-order valence-electron chi connectivity index (χ0n) is 10.3. The number of furan rings is 1. The molecule has 3 nitrogen and oxygen atoms in total. The lowest BCUT2D eigenvalue weighted by Crippen LogP contribution is -2.34. The first-order chi connectivity index (χ1) is 8.88. The van der Waals surface area contributed by atoms with Crippen LogP contribution in [0.2, 0.25) is 0 Å². The summed E-state index contributed by atoms with van der Waals surface area (Å²) in [5.41, 5.74) is 8.56. The standard InChI is InChI=1S/C14H18N2OS/c15-7-14(12-3-5-17-9-12)16(13-1-2-13)8-11-4-6-18-10-11/h3-6,9-10,13-14H,1-2,7-8,15H2. The Morgan fingerprint density at radius 1 is 1.44 bits per heavy atom. The second-order valence-electron chi connectivity index (χ2n) is 4.84. The highest BCUT2D eigenvalue weighted by molar-refractivity contribution is 7.07. The van der Waals surface area contributed by atoms with Crippen LogP contribution in [0, 0.1) is 0 Å². The van der Waals surface area contributed by atoms with E-state index in [0.29, 0.717) is 12.6 Å². The SMILES string of the molecule is NCC(c1ccoc1)N(Cc1ccsc1)C1CC1. The van der Waals surface area contributed by atoms with Crippen LogP contribution in [0.1, 0.15) is 30.0 Å². The lowest BCUT2D eigenvalue weighted by Gasteiger charge is -2.30. The predicted molar refractivity (Wildman–Crippen MR) is 73.4 cm³/mol. The van der Waals surface area contributed by atoms with Gasteiger partial charge in [0, 0.05) is 24.7 Å². The maximum absolute atomic E-state index is 5.98. The zero-order chi connectivity index (χ0) is 12.4. The Morgan fingerprint density at radius 3 is 2.89 bits per heavy atom. The molecule has 1 aliphatic rings. The van der Waals surface area contributed by atoms with E-state index in [1.165, 1.54) is 24.0 Å². The van der Waals surface area contributed by atoms with Crippen molar-refractivity contribution in [3.8, 4) is 0 Å². The lowest BCUT2D eigenvalue weighted by atomic mass is 10.1. The summed E-state index contributed by atoms with van der Waals surface area (Å²) in [7, 11) is 0. The van der Waals surface area contributed by atoms with Gasteiger partial charge >= 0.3 is 0 Å². The van der Waals surface area contributed by atoms with Gasteiger partial charge in [-0.3, -0.25) is 4.90 Å². The third kappa shape index (κ3) is 2.51. The average molecular weight is 262 g/mol. The molecular formula is C14H18N2OS. The lowest BCUT2D eigenvalue weighted by molar-refractivity contribution is 0.181. The van der Waals surface area contributed by atoms with Gasteiger partial charge in [0.15, 0.2) is 0 Å². The number of hydrogen-bond donors (Lipinski definition) is 1. The third-order valence-electron chi connectivity index (χ3n) is 3.51. The van der Waals surface area contributed by atoms with Crippen LogP contribution in [-0.4, -0.2) is 17.5 Å². The third-order valence-corrected chi connectivity index (χ3v) is 4.24. The van der Waals surface area contributed by atoms with Gasteiger partial charge in [-0.2, -0.15) is 11.3 Å². The molecule has 1 saturated carbocycles. The van der Waals surface area contributed by atoms with Crippen LogP contribution in [0.3, 0.4) is 0 Å². The summed E-state index contributed by atoms with van der Waals surface area (Å²) in [6.45, 7) is 1.63. The van der Waals surface area contributed by atoms with E-state index >= 15 is 0 Å². The van der Waals surface area contributed by atoms with E-state index in [1.807, 2.05) is 12.3 Å². The molecule has 2 aromatic heterocycles. The van der Waals surface area contributed by atoms with E-state index < -0.39 is 0 Å². The van der Waals surface area contributed by atoms with Gasteiger partial charge in [-0.05, 0) is 41.3 Å². The Bertz CT molecular complexity index is 462. The largest absolute Gasteiger partial charge is 0.472 e. The Labute approximate surface area is 111 Å². The van der Waals surface area contributed by atoms with Gasteiger partial charge in [-0.15, -0.1) is 0 Å². The average Bonchev–Trinajstić information content (AvgIpc) is 2.89. The van der Waals surface area contributed by atoms with Gasteiger partial charge in [0.2, 0.25) is 0 Å². The summed E-state index contributed by atoms with van der Waals surface area (Å²) < 4.78 is 5.20. The van der Waals surface area contributed by atoms with Crippen LogP contribution in [0.4, 0.5) is 0 Å². The quantitative estimate of drug-likeness (QED) is 0.870. The van der Waals surface area contributed by atoms with Gasteiger partial charge in [-0.25, -0.2) is 0 Å². The fourth-order valence-electron chi connectivity index (χ4n) is 2.42. The van der Waals surface area contributed by atoms with Gasteiger partial charge in [0.05, 0.1) is 18.6 Å². The van der Waals surface area contributed by atoms with Crippen molar-refractivity contribution in [1.82, 2.24) is 4.90 Å². The molecule has 0 aliphatic heterocycles. The van der Waals surface area contributed by atoms with Crippen molar-refractivity contribution in [3.63, 3.8) is 0 Å². The van der Waals surface area contributed by atoms with Crippen molar-refractivity contribution < 1.29 is 4.42 Å². The van der Waals surface area contributed by atoms with Crippen molar-refractivity contribution in [1.29, 1.82) is 0 Å². The van der Waals surface area contributed by atoms with Crippen LogP contribution >= 0.6 is 11.3 Å². The summed E-state index contributed by atoms with van der Waals surface area (Å²) in [5, 5.41) is 4.36. The normalized spacial score (nSPS) is 17.2. The number of rotatable bonds is 6. The monoisotopic (exact) mass is 262 g/mol. The molecule has 2 heterocycles. The second-order valence-corrected chi connectivity index (χ2v) is 5.62. The molecule has 96 valence electrons. The Morgan fingerprint density at radius 2 is 2.33 bits per heavy atom. The molecule has 0 bridgehead atoms. The van der Waals surface area contributed by atoms with Crippen LogP contribution in [0.15, 0.2) is 39.8 Å². The number of hydrogen-bond acceptors (Lipinski definition) is 4. The fraction of sp³-hybridized carbons (Fsp3) is 0.429. The van der Waals surface area contributed by atoms with Crippen molar-refractivity contribution in [2.75, 3.05) is 6.54 Å². The van der Waals surface area contributed by atoms with Crippen molar-refractivity contribution in [2.24, 2.45) is 5.73 Å². The van der Waals surface area contributed by atoms with Crippen molar-refractivity contribution >= 4 is 11.3 Å². The van der Waals surface area contributed by atoms with Crippen molar-refractivity contribution in [3.05, 3.63) is 46.5 Å². The minimum absolute atomic E-state index is 0.274. The fourth-order valence-corrected chi connectivity index (χ4v) is 3.08. The van der Waals surface area contributed by atoms with Crippen LogP contribution in [0.25, 0.3) is 0 Å². The Kier molecular flexibility index (Phi) is 3.50. The van der Waals surface area contributed by atoms with E-state index in [2.05, 4.69) is 21.7 Å². The maximum atomic E-state index is 5.98. The van der Waals surface area contributed by atoms with Crippen molar-refractivity contribution in [2.45, 2.75) is 31.5 Å². The molecule has 1 fully saturated rings. The Balaban J connectivity index is 1.79. The molecule has 18 heavy (non-hydrogen) atoms. The van der Waals surface area contributed by atoms with E-state index in [1.54, 1.807) is 17.6 Å². The number of nitrogens with zero attached hydrogens (tertiary/aromatic N) is 1. The molecule has 2 N–H and O–H groups in total. The zero-order valence-corrected chi connectivity index (χ0v) is 11.1. The van der Waals surface area contributed by atoms with Gasteiger partial charge in [0.25, 0.3) is 0 Å². The highest BCUT2D eigenvalue weighted by Crippen LogP contribution is 2.35. The molecule has 1 unspecified atom stereocenters. The van der Waals surface area contributed by atoms with Crippen LogP contribution in [-0.2, 0) is 6.54 Å². The highest BCUT2D eigenvalue weighted by Gasteiger charge is 2.34. The van der Waals surface area contributed by atoms with E-state index in [9.17, 15) is 0 Å². The van der Waals surface area contributed by atoms with Crippen LogP contribution < -0.4 is 5.73 Å². The molecule has 0 spiro atoms. The smallest absolute Gasteiger partial charge is 0.0950 e. The van der Waals surface area contributed by atoms with Gasteiger partial charge in [0.1, 0.15) is 0 Å². The summed E-state index contributed by atoms with van der Waals surface area (Å²) in [6.07, 6.45) is 6.13. The molecule has 3 rings (SSSR count). The first kappa shape index (κ1) is 12.0. The highest BCUT2D eigenvalue weighted by atomic mass is 32.1. The minimum atomic E-state index is 0.274. The minimum Gasteiger partial charge on any atom is -0.472 e. The van der Waals surface area contributed by atoms with Gasteiger partial charge in [-0.1, -0.05) is 0 Å². The van der Waals surface area contributed by atoms with E-state index in [4.69, 9.17) is 10.2 Å². The molecule has 0 aromatic carbocycles. The maximum Gasteiger partial charge on any atom is 0.0950 e. The molecule has 1 aliphatic carbocycles. The molecule has 0 amide bonds. The summed E-state index contributed by atoms with van der Waals surface area (Å²) in [4.78, 5) is 2.52. The van der Waals surface area contributed by atoms with E-state index in [-0.39, 0.29) is 6.04 Å². The number of nitrogens with two attached hydrogens (primary N) is 1. The molecule has 4 heteroatoms. The second kappa shape index (κ2) is 5.26. The molecule has 2 aromatic rings. The van der Waals surface area contributed by atoms with Gasteiger partial charge < -0.3 is 10.2 Å². The molecule has 0 radical (unpaired) electrons. The topological polar surface area (TPSA) is 42.4 Å². The summed E-state index contributed by atoms with van der Waals surface area (Å²) in [5.74, 6) is 0. The van der Waals surface area contributed by atoms with E-state index in [0.717, 1.165) is 6.54 Å². The first-order valence-electron chi connectivity index (χ1n) is 6.37. The van der Waals surface area contributed by atoms with Crippen LogP contribution in [0.5, 0.6) is 0 Å². The predicted octanol–water partition coefficient (Wildman–Crippen LogP) is 3.01. The molecular weight excluding hydrogens is 244 g/mol. The Hall–Kier alpha value is -1.10. The summed E-state index contributed by atoms with van der Waals surface area (Å²) >= 11 is 1.75. The molecule has 1 atom stereocenters.